The molecule has 1 aliphatic carbocycles. The van der Waals surface area contributed by atoms with Crippen LogP contribution in [0.15, 0.2) is 54.6 Å². The fourth-order valence-electron chi connectivity index (χ4n) is 4.31. The van der Waals surface area contributed by atoms with E-state index in [1.54, 1.807) is 6.07 Å². The van der Waals surface area contributed by atoms with E-state index >= 15 is 0 Å². The summed E-state index contributed by atoms with van der Waals surface area (Å²) in [6.45, 7) is 2.17. The van der Waals surface area contributed by atoms with Gasteiger partial charge in [-0.2, -0.15) is 0 Å². The molecule has 2 aliphatic rings. The Bertz CT molecular complexity index is 951. The van der Waals surface area contributed by atoms with Crippen LogP contribution >= 0.6 is 0 Å². The predicted molar refractivity (Wildman–Crippen MR) is 106 cm³/mol. The molecule has 0 saturated heterocycles. The standard InChI is InChI=1S/C23H24N2O3/c1-14-4-2-5-15(12-14)22-18-7-3-6-17(18)19-13-16(8-9-20(19)25-22)23(28)24-11-10-21(26)27/h2-6,8-9,12-13,17-18,22,25H,7,10-11H2,1H3,(H,24,28)(H,26,27)/p-1/t17-,18-,22-/m0/s1. The minimum Gasteiger partial charge on any atom is -0.550 e. The van der Waals surface area contributed by atoms with Crippen molar-refractivity contribution in [1.29, 1.82) is 0 Å². The molecule has 5 heteroatoms. The lowest BCUT2D eigenvalue weighted by atomic mass is 9.76. The van der Waals surface area contributed by atoms with E-state index < -0.39 is 5.97 Å². The summed E-state index contributed by atoms with van der Waals surface area (Å²) in [6.07, 6.45) is 5.27. The molecule has 0 bridgehead atoms. The summed E-state index contributed by atoms with van der Waals surface area (Å²) in [7, 11) is 0. The molecule has 2 aromatic rings. The molecule has 1 aliphatic heterocycles. The van der Waals surface area contributed by atoms with Gasteiger partial charge in [0.1, 0.15) is 0 Å². The van der Waals surface area contributed by atoms with Crippen LogP contribution in [0.4, 0.5) is 5.69 Å². The minimum atomic E-state index is -1.17. The Morgan fingerprint density at radius 2 is 2.07 bits per heavy atom. The van der Waals surface area contributed by atoms with Crippen molar-refractivity contribution in [2.75, 3.05) is 11.9 Å². The molecule has 144 valence electrons. The molecule has 28 heavy (non-hydrogen) atoms. The first-order valence-corrected chi connectivity index (χ1v) is 9.64. The Balaban J connectivity index is 1.60. The van der Waals surface area contributed by atoms with Crippen molar-refractivity contribution in [3.8, 4) is 0 Å². The zero-order valence-corrected chi connectivity index (χ0v) is 15.8. The highest BCUT2D eigenvalue weighted by Crippen LogP contribution is 2.49. The van der Waals surface area contributed by atoms with Crippen LogP contribution in [0.2, 0.25) is 0 Å². The second-order valence-electron chi connectivity index (χ2n) is 7.57. The van der Waals surface area contributed by atoms with E-state index in [1.165, 1.54) is 11.1 Å². The van der Waals surface area contributed by atoms with E-state index in [2.05, 4.69) is 54.0 Å². The quantitative estimate of drug-likeness (QED) is 0.788. The number of carbonyl (C=O) groups is 2. The van der Waals surface area contributed by atoms with Crippen LogP contribution in [0.5, 0.6) is 0 Å². The Morgan fingerprint density at radius 3 is 2.86 bits per heavy atom. The second-order valence-corrected chi connectivity index (χ2v) is 7.57. The average Bonchev–Trinajstić information content (AvgIpc) is 3.16. The van der Waals surface area contributed by atoms with Crippen molar-refractivity contribution < 1.29 is 14.7 Å². The summed E-state index contributed by atoms with van der Waals surface area (Å²) < 4.78 is 0. The average molecular weight is 375 g/mol. The maximum absolute atomic E-state index is 12.4. The lowest BCUT2D eigenvalue weighted by Gasteiger charge is -2.37. The molecule has 2 aromatic carbocycles. The molecule has 0 aromatic heterocycles. The minimum absolute atomic E-state index is 0.0674. The third-order valence-electron chi connectivity index (χ3n) is 5.64. The maximum atomic E-state index is 12.4. The number of carboxylic acid groups (broad SMARTS) is 1. The third kappa shape index (κ3) is 3.52. The summed E-state index contributed by atoms with van der Waals surface area (Å²) in [4.78, 5) is 22.9. The molecule has 0 radical (unpaired) electrons. The first-order chi connectivity index (χ1) is 13.5. The number of rotatable bonds is 5. The number of carbonyl (C=O) groups excluding carboxylic acids is 2. The number of nitrogens with one attached hydrogen (secondary N) is 2. The molecule has 2 N–H and O–H groups in total. The van der Waals surface area contributed by atoms with Gasteiger partial charge in [0.25, 0.3) is 5.91 Å². The van der Waals surface area contributed by atoms with Crippen LogP contribution in [-0.2, 0) is 4.79 Å². The number of anilines is 1. The molecule has 0 unspecified atom stereocenters. The fourth-order valence-corrected chi connectivity index (χ4v) is 4.31. The monoisotopic (exact) mass is 375 g/mol. The van der Waals surface area contributed by atoms with Gasteiger partial charge in [0.15, 0.2) is 0 Å². The number of fused-ring (bicyclic) bond motifs is 3. The van der Waals surface area contributed by atoms with Crippen molar-refractivity contribution in [3.63, 3.8) is 0 Å². The lowest BCUT2D eigenvalue weighted by molar-refractivity contribution is -0.305. The van der Waals surface area contributed by atoms with Crippen molar-refractivity contribution in [2.45, 2.75) is 31.7 Å². The molecule has 0 fully saturated rings. The number of carboxylic acids is 1. The smallest absolute Gasteiger partial charge is 0.251 e. The summed E-state index contributed by atoms with van der Waals surface area (Å²) in [5, 5.41) is 16.8. The molecule has 4 rings (SSSR count). The van der Waals surface area contributed by atoms with Crippen molar-refractivity contribution in [2.24, 2.45) is 5.92 Å². The zero-order valence-electron chi connectivity index (χ0n) is 15.8. The van der Waals surface area contributed by atoms with Crippen molar-refractivity contribution in [3.05, 3.63) is 76.9 Å². The highest BCUT2D eigenvalue weighted by Gasteiger charge is 2.38. The topological polar surface area (TPSA) is 81.3 Å². The second kappa shape index (κ2) is 7.50. The molecule has 1 heterocycles. The van der Waals surface area contributed by atoms with Crippen LogP contribution in [0.3, 0.4) is 0 Å². The van der Waals surface area contributed by atoms with Crippen LogP contribution in [-0.4, -0.2) is 18.4 Å². The normalized spacial score (nSPS) is 22.1. The SMILES string of the molecule is Cc1cccc([C@@H]2Nc3ccc(C(=O)NCCC(=O)[O-])cc3[C@H]3C=CC[C@@H]32)c1. The molecular formula is C23H23N2O3-. The third-order valence-corrected chi connectivity index (χ3v) is 5.64. The van der Waals surface area contributed by atoms with Crippen molar-refractivity contribution in [1.82, 2.24) is 5.32 Å². The summed E-state index contributed by atoms with van der Waals surface area (Å²) >= 11 is 0. The number of allylic oxidation sites excluding steroid dienone is 2. The van der Waals surface area contributed by atoms with Crippen LogP contribution in [0.1, 0.15) is 51.8 Å². The van der Waals surface area contributed by atoms with E-state index in [9.17, 15) is 14.7 Å². The lowest BCUT2D eigenvalue weighted by Crippen LogP contribution is -2.32. The predicted octanol–water partition coefficient (Wildman–Crippen LogP) is 2.69. The zero-order chi connectivity index (χ0) is 19.7. The molecule has 3 atom stereocenters. The number of hydrogen-bond donors (Lipinski definition) is 2. The number of hydrogen-bond acceptors (Lipinski definition) is 4. The number of benzene rings is 2. The number of aliphatic carboxylic acids is 1. The van der Waals surface area contributed by atoms with Gasteiger partial charge < -0.3 is 20.5 Å². The van der Waals surface area contributed by atoms with E-state index in [0.717, 1.165) is 17.7 Å². The van der Waals surface area contributed by atoms with Gasteiger partial charge in [0, 0.05) is 36.1 Å². The molecular weight excluding hydrogens is 352 g/mol. The number of amides is 1. The van der Waals surface area contributed by atoms with Gasteiger partial charge in [-0.15, -0.1) is 0 Å². The fraction of sp³-hybridized carbons (Fsp3) is 0.304. The van der Waals surface area contributed by atoms with E-state index in [4.69, 9.17) is 0 Å². The van der Waals surface area contributed by atoms with Crippen LogP contribution in [0, 0.1) is 12.8 Å². The van der Waals surface area contributed by atoms with Gasteiger partial charge in [-0.25, -0.2) is 0 Å². The van der Waals surface area contributed by atoms with Crippen LogP contribution < -0.4 is 15.7 Å². The molecule has 1 amide bonds. The van der Waals surface area contributed by atoms with Gasteiger partial charge in [-0.3, -0.25) is 4.79 Å². The van der Waals surface area contributed by atoms with Gasteiger partial charge in [0.2, 0.25) is 0 Å². The van der Waals surface area contributed by atoms with Gasteiger partial charge >= 0.3 is 0 Å². The highest BCUT2D eigenvalue weighted by atomic mass is 16.4. The van der Waals surface area contributed by atoms with E-state index in [0.29, 0.717) is 11.5 Å². The van der Waals surface area contributed by atoms with E-state index in [1.807, 2.05) is 12.1 Å². The Morgan fingerprint density at radius 1 is 1.21 bits per heavy atom. The highest BCUT2D eigenvalue weighted by molar-refractivity contribution is 5.95. The van der Waals surface area contributed by atoms with Gasteiger partial charge in [-0.1, -0.05) is 42.0 Å². The summed E-state index contributed by atoms with van der Waals surface area (Å²) in [6, 6.07) is 14.5. The van der Waals surface area contributed by atoms with Gasteiger partial charge in [0.05, 0.1) is 6.04 Å². The first kappa shape index (κ1) is 18.3. The van der Waals surface area contributed by atoms with Gasteiger partial charge in [-0.05, 0) is 48.6 Å². The Hall–Kier alpha value is -3.08. The number of aryl methyl sites for hydroxylation is 1. The van der Waals surface area contributed by atoms with Crippen LogP contribution in [0.25, 0.3) is 0 Å². The molecule has 0 spiro atoms. The maximum Gasteiger partial charge on any atom is 0.251 e. The summed E-state index contributed by atoms with van der Waals surface area (Å²) in [5.41, 5.74) is 5.25. The summed E-state index contributed by atoms with van der Waals surface area (Å²) in [5.74, 6) is -0.761. The van der Waals surface area contributed by atoms with E-state index in [-0.39, 0.29) is 30.8 Å². The molecule has 5 nitrogen and oxygen atoms in total. The largest absolute Gasteiger partial charge is 0.550 e. The Kier molecular flexibility index (Phi) is 4.90. The van der Waals surface area contributed by atoms with Crippen molar-refractivity contribution >= 4 is 17.6 Å². The Labute approximate surface area is 164 Å². The first-order valence-electron chi connectivity index (χ1n) is 9.64. The molecule has 0 saturated carbocycles.